The Labute approximate surface area is 795 Å². The van der Waals surface area contributed by atoms with Gasteiger partial charge in [-0.2, -0.15) is 21.6 Å². The molecule has 0 saturated carbocycles. The Balaban J connectivity index is 0.000000142. The van der Waals surface area contributed by atoms with E-state index in [1.54, 1.807) is 80.6 Å². The van der Waals surface area contributed by atoms with Crippen LogP contribution in [0.5, 0.6) is 11.5 Å². The number of carbonyl (C=O) groups excluding carboxylic acids is 3. The highest BCUT2D eigenvalue weighted by Crippen LogP contribution is 2.40. The van der Waals surface area contributed by atoms with Gasteiger partial charge in [0.05, 0.1) is 75.5 Å². The van der Waals surface area contributed by atoms with Crippen molar-refractivity contribution in [2.45, 2.75) is 65.8 Å². The van der Waals surface area contributed by atoms with E-state index in [4.69, 9.17) is 33.6 Å². The van der Waals surface area contributed by atoms with E-state index in [1.165, 1.54) is 42.8 Å². The first-order valence-corrected chi connectivity index (χ1v) is 44.9. The normalized spacial score (nSPS) is 11.0. The Morgan fingerprint density at radius 3 is 0.986 bits per heavy atom. The zero-order valence-electron chi connectivity index (χ0n) is 74.9. The largest absolute Gasteiger partial charge is 0.534 e. The van der Waals surface area contributed by atoms with Gasteiger partial charge in [0.1, 0.15) is 57.5 Å². The first-order valence-electron chi connectivity index (χ1n) is 43.5. The lowest BCUT2D eigenvalue weighted by atomic mass is 10.0. The van der Waals surface area contributed by atoms with Crippen LogP contribution < -0.4 is 56.4 Å². The molecule has 0 atom stereocenters. The molecular weight excluding hydrogens is 1820 g/mol. The van der Waals surface area contributed by atoms with Crippen molar-refractivity contribution in [2.24, 2.45) is 0 Å². The second kappa shape index (κ2) is 45.3. The fourth-order valence-electron chi connectivity index (χ4n) is 14.6. The molecule has 8 aromatic heterocycles. The van der Waals surface area contributed by atoms with Gasteiger partial charge in [-0.3, -0.25) is 19.2 Å². The maximum absolute atomic E-state index is 13.8. The van der Waals surface area contributed by atoms with Gasteiger partial charge in [0, 0.05) is 41.4 Å². The third-order valence-electron chi connectivity index (χ3n) is 21.0. The lowest BCUT2D eigenvalue weighted by Gasteiger charge is -2.19. The van der Waals surface area contributed by atoms with E-state index in [2.05, 4.69) is 54.7 Å². The Bertz CT molecular complexity index is 7800. The number of ether oxygens (including phenoxy) is 3. The van der Waals surface area contributed by atoms with Gasteiger partial charge >= 0.3 is 50.2 Å². The minimum Gasteiger partial charge on any atom is -0.506 e. The SMILES string of the molecule is CCOC(=O)c1c(NCc2ccccc2)c2c(-c3ccccc3)ncnc2n(OCc2ccccc2)c1=O.CCOC(=O)c1c(O)c2c(-c3ccccc3)ncnc2n(OCc2ccccc2)c1=O.CCOC(=O)c1c(OS(=O)(=O)C(F)(F)F)c2c(-c3ccccc3)ncnc2n(OCc2ccccc2)c1=O.O=c1cc(NCc2ccccc2)c2c(-c3ccccc3)ncnc2n1OCc1ccccc1. The number of hydrogen-bond acceptors (Lipinski definition) is 28. The monoisotopic (exact) mass is 1910 g/mol. The summed E-state index contributed by atoms with van der Waals surface area (Å²) in [6, 6.07) is 94.5. The van der Waals surface area contributed by atoms with Crippen LogP contribution in [-0.4, -0.2) is 116 Å². The molecule has 32 nitrogen and oxygen atoms in total. The molecule has 8 heterocycles. The summed E-state index contributed by atoms with van der Waals surface area (Å²) in [7, 11) is -6.35. The molecule has 0 spiro atoms. The number of fused-ring (bicyclic) bond motifs is 4. The van der Waals surface area contributed by atoms with E-state index in [0.29, 0.717) is 62.7 Å². The predicted molar refractivity (Wildman–Crippen MR) is 517 cm³/mol. The number of pyridine rings is 4. The fraction of sp³-hybridized carbons (Fsp3) is 0.125. The number of carbonyl (C=O) groups is 3. The zero-order chi connectivity index (χ0) is 98.1. The molecule has 0 saturated heterocycles. The van der Waals surface area contributed by atoms with Crippen molar-refractivity contribution >= 4 is 83.5 Å². The van der Waals surface area contributed by atoms with E-state index in [0.717, 1.165) is 65.8 Å². The van der Waals surface area contributed by atoms with Crippen LogP contribution in [0.15, 0.2) is 354 Å². The van der Waals surface area contributed by atoms with E-state index >= 15 is 0 Å². The molecule has 0 radical (unpaired) electrons. The minimum absolute atomic E-state index is 0.0391. The summed E-state index contributed by atoms with van der Waals surface area (Å²) in [6.45, 7) is 5.64. The maximum Gasteiger partial charge on any atom is 0.534 e. The van der Waals surface area contributed by atoms with Crippen LogP contribution in [0.1, 0.15) is 85.2 Å². The summed E-state index contributed by atoms with van der Waals surface area (Å²) in [6.07, 6.45) is 5.12. The van der Waals surface area contributed by atoms with E-state index in [1.807, 2.05) is 231 Å². The van der Waals surface area contributed by atoms with Gasteiger partial charge in [0.2, 0.25) is 0 Å². The van der Waals surface area contributed by atoms with Crippen molar-refractivity contribution in [1.82, 2.24) is 58.8 Å². The Morgan fingerprint density at radius 2 is 0.621 bits per heavy atom. The molecule has 0 fully saturated rings. The number of nitrogens with one attached hydrogen (secondary N) is 2. The molecule has 10 aromatic carbocycles. The van der Waals surface area contributed by atoms with Crippen molar-refractivity contribution in [3.8, 4) is 56.5 Å². The van der Waals surface area contributed by atoms with Crippen molar-refractivity contribution < 1.29 is 78.8 Å². The van der Waals surface area contributed by atoms with Crippen molar-refractivity contribution in [3.05, 3.63) is 426 Å². The number of halogens is 3. The highest BCUT2D eigenvalue weighted by atomic mass is 32.2. The Hall–Kier alpha value is -18.1. The molecule has 0 aliphatic rings. The summed E-state index contributed by atoms with van der Waals surface area (Å²) >= 11 is 0. The summed E-state index contributed by atoms with van der Waals surface area (Å²) < 4.78 is 87.6. The summed E-state index contributed by atoms with van der Waals surface area (Å²) in [4.78, 5) is 150. The number of rotatable bonds is 30. The van der Waals surface area contributed by atoms with Crippen LogP contribution in [0.2, 0.25) is 0 Å². The first-order chi connectivity index (χ1) is 68.1. The Kier molecular flexibility index (Phi) is 31.2. The van der Waals surface area contributed by atoms with Crippen LogP contribution >= 0.6 is 0 Å². The molecule has 0 bridgehead atoms. The average molecular weight is 1910 g/mol. The van der Waals surface area contributed by atoms with Crippen molar-refractivity contribution in [2.75, 3.05) is 30.5 Å². The smallest absolute Gasteiger partial charge is 0.506 e. The van der Waals surface area contributed by atoms with E-state index in [9.17, 15) is 60.3 Å². The highest BCUT2D eigenvalue weighted by Gasteiger charge is 2.50. The van der Waals surface area contributed by atoms with Crippen molar-refractivity contribution in [3.63, 3.8) is 0 Å². The standard InChI is InChI=1S/C30H26N4O4.C27H22N4O2.C24H18F3N3O7S.C23H19N3O5/c1-2-37-30(36)25-27(31-18-21-12-6-3-7-13-21)24-26(23-16-10-5-11-17-23)32-20-33-28(24)34(29(25)35)38-19-22-14-8-4-9-15-22;32-24-16-23(28-17-20-10-4-1-5-11-20)25-26(22-14-8-3-9-15-22)29-19-30-27(25)31(24)33-18-21-12-6-2-7-13-21;1-2-35-23(32)18-20(37-38(33,34)24(25,26)27)17-19(16-11-7-4-8-12-16)28-14-29-21(17)30(22(18)31)36-13-15-9-5-3-6-10-15;1-2-30-23(29)18-20(27)17-19(16-11-7-4-8-12-16)24-14-25-21(17)26(22(18)28)31-13-15-9-5-3-6-10-15/h3-17,20,31H,2,18-19H2,1H3;1-16,19,28H,17-18H2;3-12,14H,2,13H2,1H3;3-12,14,27H,2,13H2,1H3. The van der Waals surface area contributed by atoms with E-state index < -0.39 is 83.9 Å². The molecule has 36 heteroatoms. The first kappa shape index (κ1) is 96.5. The summed E-state index contributed by atoms with van der Waals surface area (Å²) in [5.41, 5.74) is -0.203. The molecule has 0 unspecified atom stereocenters. The molecule has 0 amide bonds. The fourth-order valence-corrected chi connectivity index (χ4v) is 15.0. The second-order valence-corrected chi connectivity index (χ2v) is 31.7. The van der Waals surface area contributed by atoms with E-state index in [-0.39, 0.29) is 85.3 Å². The third kappa shape index (κ3) is 22.4. The van der Waals surface area contributed by atoms with Crippen LogP contribution in [0.3, 0.4) is 0 Å². The topological polar surface area (TPSA) is 395 Å². The van der Waals surface area contributed by atoms with Crippen LogP contribution in [0, 0.1) is 0 Å². The number of benzene rings is 10. The Morgan fingerprint density at radius 1 is 0.343 bits per heavy atom. The predicted octanol–water partition coefficient (Wildman–Crippen LogP) is 16.0. The molecule has 0 aliphatic heterocycles. The molecule has 706 valence electrons. The van der Waals surface area contributed by atoms with Gasteiger partial charge in [-0.15, -0.1) is 18.9 Å². The van der Waals surface area contributed by atoms with Crippen molar-refractivity contribution in [1.29, 1.82) is 0 Å². The summed E-state index contributed by atoms with van der Waals surface area (Å²) in [5.74, 6) is -4.93. The zero-order valence-corrected chi connectivity index (χ0v) is 75.7. The van der Waals surface area contributed by atoms with Gasteiger partial charge in [0.15, 0.2) is 45.0 Å². The summed E-state index contributed by atoms with van der Waals surface area (Å²) in [5, 5.41) is 18.5. The molecule has 140 heavy (non-hydrogen) atoms. The second-order valence-electron chi connectivity index (χ2n) is 30.2. The lowest BCUT2D eigenvalue weighted by molar-refractivity contribution is -0.0500. The van der Waals surface area contributed by atoms with Gasteiger partial charge in [-0.05, 0) is 54.2 Å². The number of nitrogens with zero attached hydrogens (tertiary/aromatic N) is 12. The average Bonchev–Trinajstić information content (AvgIpc) is 0.737. The van der Waals surface area contributed by atoms with Gasteiger partial charge in [-0.25, -0.2) is 54.3 Å². The number of hydrogen-bond donors (Lipinski definition) is 3. The van der Waals surface area contributed by atoms with Crippen LogP contribution in [0.4, 0.5) is 24.5 Å². The van der Waals surface area contributed by atoms with Crippen LogP contribution in [0.25, 0.3) is 89.2 Å². The minimum atomic E-state index is -6.35. The quantitative estimate of drug-likeness (QED) is 0.0163. The molecule has 18 rings (SSSR count). The van der Waals surface area contributed by atoms with Gasteiger partial charge in [0.25, 0.3) is 5.56 Å². The maximum atomic E-state index is 13.8. The highest BCUT2D eigenvalue weighted by molar-refractivity contribution is 7.88. The molecule has 3 N–H and O–H groups in total. The number of alkyl halides is 3. The third-order valence-corrected chi connectivity index (χ3v) is 21.9. The van der Waals surface area contributed by atoms with Gasteiger partial charge in [-0.1, -0.05) is 303 Å². The number of aromatic nitrogens is 12. The number of esters is 3. The van der Waals surface area contributed by atoms with Gasteiger partial charge < -0.3 is 53.5 Å². The molecule has 18 aromatic rings. The van der Waals surface area contributed by atoms with Crippen LogP contribution in [-0.2, 0) is 63.8 Å². The molecule has 0 aliphatic carbocycles. The number of aromatic hydroxyl groups is 1. The number of anilines is 2. The molecular formula is C104H85F3N14O18S. The lowest BCUT2D eigenvalue weighted by Crippen LogP contribution is -2.35.